The van der Waals surface area contributed by atoms with Crippen LogP contribution in [0.5, 0.6) is 0 Å². The Labute approximate surface area is 71.7 Å². The average Bonchev–Trinajstić information content (AvgIpc) is 2.40. The van der Waals surface area contributed by atoms with E-state index in [1.807, 2.05) is 11.7 Å². The molecule has 0 amide bonds. The molecule has 2 rings (SSSR count). The number of hydrogen-bond donors (Lipinski definition) is 2. The molecule has 66 valence electrons. The minimum absolute atomic E-state index is 0.596. The lowest BCUT2D eigenvalue weighted by atomic mass is 10.1. The first-order valence-electron chi connectivity index (χ1n) is 4.27. The first-order chi connectivity index (χ1) is 5.83. The van der Waals surface area contributed by atoms with Crippen LogP contribution in [0.15, 0.2) is 0 Å². The molecule has 1 aliphatic heterocycles. The molecule has 0 aromatic carbocycles. The van der Waals surface area contributed by atoms with Gasteiger partial charge in [0.1, 0.15) is 0 Å². The molecule has 0 unspecified atom stereocenters. The van der Waals surface area contributed by atoms with Crippen molar-refractivity contribution in [2.45, 2.75) is 19.5 Å². The molecule has 0 saturated carbocycles. The maximum atomic E-state index is 5.64. The van der Waals surface area contributed by atoms with Gasteiger partial charge in [-0.15, -0.1) is 0 Å². The third kappa shape index (κ3) is 1.04. The highest BCUT2D eigenvalue weighted by Gasteiger charge is 2.17. The predicted octanol–water partition coefficient (Wildman–Crippen LogP) is -0.476. The summed E-state index contributed by atoms with van der Waals surface area (Å²) in [6.07, 6.45) is 1.07. The zero-order chi connectivity index (χ0) is 8.55. The minimum atomic E-state index is 0.596. The van der Waals surface area contributed by atoms with Gasteiger partial charge in [-0.1, -0.05) is 0 Å². The van der Waals surface area contributed by atoms with Crippen molar-refractivity contribution in [1.29, 1.82) is 0 Å². The highest BCUT2D eigenvalue weighted by Crippen LogP contribution is 2.16. The number of nitrogens with zero attached hydrogens (tertiary/aromatic N) is 2. The Bertz CT molecular complexity index is 289. The fourth-order valence-corrected chi connectivity index (χ4v) is 1.77. The molecule has 0 atom stereocenters. The predicted molar refractivity (Wildman–Crippen MR) is 46.5 cm³/mol. The number of aryl methyl sites for hydroxylation is 1. The van der Waals surface area contributed by atoms with Crippen LogP contribution in [0, 0.1) is 0 Å². The van der Waals surface area contributed by atoms with Gasteiger partial charge >= 0.3 is 0 Å². The SMILES string of the molecule is Cn1nc2c(c1CN)CCNC2. The summed E-state index contributed by atoms with van der Waals surface area (Å²) < 4.78 is 1.90. The zero-order valence-electron chi connectivity index (χ0n) is 7.30. The monoisotopic (exact) mass is 166 g/mol. The summed E-state index contributed by atoms with van der Waals surface area (Å²) in [7, 11) is 1.96. The van der Waals surface area contributed by atoms with Crippen molar-refractivity contribution in [2.24, 2.45) is 12.8 Å². The third-order valence-corrected chi connectivity index (χ3v) is 2.40. The number of nitrogens with two attached hydrogens (primary N) is 1. The van der Waals surface area contributed by atoms with Gasteiger partial charge < -0.3 is 11.1 Å². The van der Waals surface area contributed by atoms with Gasteiger partial charge in [-0.05, 0) is 13.0 Å². The molecule has 12 heavy (non-hydrogen) atoms. The average molecular weight is 166 g/mol. The van der Waals surface area contributed by atoms with Gasteiger partial charge in [0.15, 0.2) is 0 Å². The molecule has 0 radical (unpaired) electrons. The second-order valence-electron chi connectivity index (χ2n) is 3.13. The van der Waals surface area contributed by atoms with Gasteiger partial charge in [0.05, 0.1) is 11.4 Å². The molecular formula is C8H14N4. The lowest BCUT2D eigenvalue weighted by molar-refractivity contribution is 0.625. The standard InChI is InChI=1S/C8H14N4/c1-12-8(4-9)6-2-3-10-5-7(6)11-12/h10H,2-5,9H2,1H3. The molecule has 4 nitrogen and oxygen atoms in total. The summed E-state index contributed by atoms with van der Waals surface area (Å²) >= 11 is 0. The molecule has 2 heterocycles. The van der Waals surface area contributed by atoms with E-state index in [2.05, 4.69) is 10.4 Å². The Kier molecular flexibility index (Phi) is 1.86. The van der Waals surface area contributed by atoms with E-state index in [4.69, 9.17) is 5.73 Å². The smallest absolute Gasteiger partial charge is 0.0798 e. The molecule has 4 heteroatoms. The molecule has 1 aliphatic rings. The summed E-state index contributed by atoms with van der Waals surface area (Å²) in [6.45, 7) is 2.54. The van der Waals surface area contributed by atoms with Crippen LogP contribution >= 0.6 is 0 Å². The van der Waals surface area contributed by atoms with E-state index >= 15 is 0 Å². The van der Waals surface area contributed by atoms with Crippen molar-refractivity contribution in [3.8, 4) is 0 Å². The quantitative estimate of drug-likeness (QED) is 0.592. The maximum absolute atomic E-state index is 5.64. The zero-order valence-corrected chi connectivity index (χ0v) is 7.30. The van der Waals surface area contributed by atoms with Crippen LogP contribution in [-0.4, -0.2) is 16.3 Å². The van der Waals surface area contributed by atoms with Crippen LogP contribution in [0.4, 0.5) is 0 Å². The summed E-state index contributed by atoms with van der Waals surface area (Å²) in [6, 6.07) is 0. The number of nitrogens with one attached hydrogen (secondary N) is 1. The second kappa shape index (κ2) is 2.88. The van der Waals surface area contributed by atoms with Crippen LogP contribution in [0.3, 0.4) is 0 Å². The van der Waals surface area contributed by atoms with Crippen molar-refractivity contribution >= 4 is 0 Å². The minimum Gasteiger partial charge on any atom is -0.325 e. The van der Waals surface area contributed by atoms with Crippen molar-refractivity contribution in [3.05, 3.63) is 17.0 Å². The van der Waals surface area contributed by atoms with E-state index in [0.717, 1.165) is 19.5 Å². The van der Waals surface area contributed by atoms with Crippen molar-refractivity contribution in [2.75, 3.05) is 6.54 Å². The number of hydrogen-bond acceptors (Lipinski definition) is 3. The highest BCUT2D eigenvalue weighted by atomic mass is 15.3. The van der Waals surface area contributed by atoms with Gasteiger partial charge in [0.25, 0.3) is 0 Å². The fourth-order valence-electron chi connectivity index (χ4n) is 1.77. The lowest BCUT2D eigenvalue weighted by Crippen LogP contribution is -2.23. The molecule has 3 N–H and O–H groups in total. The molecule has 1 aromatic heterocycles. The van der Waals surface area contributed by atoms with E-state index in [9.17, 15) is 0 Å². The van der Waals surface area contributed by atoms with Crippen molar-refractivity contribution < 1.29 is 0 Å². The first kappa shape index (κ1) is 7.76. The summed E-state index contributed by atoms with van der Waals surface area (Å²) in [5.74, 6) is 0. The van der Waals surface area contributed by atoms with Gasteiger partial charge in [0.2, 0.25) is 0 Å². The molecule has 0 saturated heterocycles. The molecule has 0 spiro atoms. The number of rotatable bonds is 1. The van der Waals surface area contributed by atoms with Crippen LogP contribution < -0.4 is 11.1 Å². The van der Waals surface area contributed by atoms with E-state index in [0.29, 0.717) is 6.54 Å². The summed E-state index contributed by atoms with van der Waals surface area (Å²) in [4.78, 5) is 0. The Morgan fingerprint density at radius 3 is 3.25 bits per heavy atom. The van der Waals surface area contributed by atoms with Crippen LogP contribution in [0.2, 0.25) is 0 Å². The van der Waals surface area contributed by atoms with Crippen LogP contribution in [-0.2, 0) is 26.6 Å². The maximum Gasteiger partial charge on any atom is 0.0798 e. The Morgan fingerprint density at radius 2 is 2.50 bits per heavy atom. The molecule has 0 aliphatic carbocycles. The normalized spacial score (nSPS) is 16.2. The fraction of sp³-hybridized carbons (Fsp3) is 0.625. The van der Waals surface area contributed by atoms with Gasteiger partial charge in [-0.25, -0.2) is 0 Å². The Hall–Kier alpha value is -0.870. The van der Waals surface area contributed by atoms with Crippen molar-refractivity contribution in [1.82, 2.24) is 15.1 Å². The summed E-state index contributed by atoms with van der Waals surface area (Å²) in [5.41, 5.74) is 9.36. The second-order valence-corrected chi connectivity index (χ2v) is 3.13. The van der Waals surface area contributed by atoms with Crippen molar-refractivity contribution in [3.63, 3.8) is 0 Å². The first-order valence-corrected chi connectivity index (χ1v) is 4.27. The largest absolute Gasteiger partial charge is 0.325 e. The summed E-state index contributed by atoms with van der Waals surface area (Å²) in [5, 5.41) is 7.69. The van der Waals surface area contributed by atoms with E-state index in [1.54, 1.807) is 0 Å². The molecule has 0 bridgehead atoms. The topological polar surface area (TPSA) is 55.9 Å². The molecule has 1 aromatic rings. The number of aromatic nitrogens is 2. The van der Waals surface area contributed by atoms with Crippen LogP contribution in [0.1, 0.15) is 17.0 Å². The van der Waals surface area contributed by atoms with Gasteiger partial charge in [-0.2, -0.15) is 5.10 Å². The number of fused-ring (bicyclic) bond motifs is 1. The van der Waals surface area contributed by atoms with E-state index in [1.165, 1.54) is 17.0 Å². The Balaban J connectivity index is 2.46. The third-order valence-electron chi connectivity index (χ3n) is 2.40. The molecule has 0 fully saturated rings. The van der Waals surface area contributed by atoms with Gasteiger partial charge in [-0.3, -0.25) is 4.68 Å². The molecular weight excluding hydrogens is 152 g/mol. The van der Waals surface area contributed by atoms with E-state index < -0.39 is 0 Å². The van der Waals surface area contributed by atoms with E-state index in [-0.39, 0.29) is 0 Å². The van der Waals surface area contributed by atoms with Crippen LogP contribution in [0.25, 0.3) is 0 Å². The van der Waals surface area contributed by atoms with Gasteiger partial charge in [0, 0.05) is 25.7 Å². The lowest BCUT2D eigenvalue weighted by Gasteiger charge is -2.11. The highest BCUT2D eigenvalue weighted by molar-refractivity contribution is 5.28. The Morgan fingerprint density at radius 1 is 1.67 bits per heavy atom.